The molecule has 56 heavy (non-hydrogen) atoms. The smallest absolute Gasteiger partial charge is 0.410 e. The molecule has 0 aliphatic carbocycles. The van der Waals surface area contributed by atoms with Gasteiger partial charge in [0.05, 0.1) is 36.3 Å². The molecular weight excluding hydrogens is 712 g/mol. The SMILES string of the molecule is CCN(C)C1CN(c2nc3c(F)c(-c4c(C)c(C)cc5c4cnn5C4CCCCO4)c(C)cc3c3c2nnn3[C@H]2CCN(C(=O)OC(C)(C)C)[C@H](CC#N)C2)C1. The molecule has 0 bridgehead atoms. The van der Waals surface area contributed by atoms with E-state index in [2.05, 4.69) is 49.8 Å². The van der Waals surface area contributed by atoms with E-state index in [9.17, 15) is 10.1 Å². The van der Waals surface area contributed by atoms with Crippen molar-refractivity contribution in [2.75, 3.05) is 44.7 Å². The fraction of sp³-hybridized carbons (Fsp3) is 0.571. The first-order valence-electron chi connectivity index (χ1n) is 20.1. The zero-order valence-corrected chi connectivity index (χ0v) is 33.9. The summed E-state index contributed by atoms with van der Waals surface area (Å²) in [6.07, 6.45) is 5.47. The number of likely N-dealkylation sites (N-methyl/N-ethyl adjacent to an activating group) is 1. The number of benzene rings is 2. The molecule has 3 atom stereocenters. The summed E-state index contributed by atoms with van der Waals surface area (Å²) in [4.78, 5) is 24.5. The lowest BCUT2D eigenvalue weighted by molar-refractivity contribution is -0.0366. The Morgan fingerprint density at radius 1 is 1.07 bits per heavy atom. The van der Waals surface area contributed by atoms with Gasteiger partial charge in [-0.1, -0.05) is 12.1 Å². The van der Waals surface area contributed by atoms with Gasteiger partial charge in [-0.25, -0.2) is 23.5 Å². The molecule has 0 radical (unpaired) electrons. The second kappa shape index (κ2) is 14.6. The van der Waals surface area contributed by atoms with Crippen molar-refractivity contribution < 1.29 is 18.7 Å². The highest BCUT2D eigenvalue weighted by Crippen LogP contribution is 2.44. The van der Waals surface area contributed by atoms with Gasteiger partial charge in [-0.2, -0.15) is 10.4 Å². The highest BCUT2D eigenvalue weighted by molar-refractivity contribution is 6.10. The number of nitrogens with zero attached hydrogens (tertiary/aromatic N) is 10. The lowest BCUT2D eigenvalue weighted by Gasteiger charge is -2.44. The van der Waals surface area contributed by atoms with Gasteiger partial charge >= 0.3 is 6.09 Å². The molecule has 6 heterocycles. The summed E-state index contributed by atoms with van der Waals surface area (Å²) in [5, 5.41) is 25.6. The Labute approximate surface area is 327 Å². The Hall–Kier alpha value is -4.87. The highest BCUT2D eigenvalue weighted by Gasteiger charge is 2.38. The van der Waals surface area contributed by atoms with Crippen LogP contribution in [0.3, 0.4) is 0 Å². The van der Waals surface area contributed by atoms with Gasteiger partial charge in [0.25, 0.3) is 0 Å². The number of carbonyl (C=O) groups excluding carboxylic acids is 1. The number of hydrogen-bond acceptors (Lipinski definition) is 10. The Morgan fingerprint density at radius 2 is 1.86 bits per heavy atom. The number of pyridine rings is 1. The van der Waals surface area contributed by atoms with Gasteiger partial charge in [0.2, 0.25) is 0 Å². The van der Waals surface area contributed by atoms with Gasteiger partial charge in [-0.05, 0) is 122 Å². The van der Waals surface area contributed by atoms with Gasteiger partial charge in [-0.3, -0.25) is 0 Å². The molecule has 13 nitrogen and oxygen atoms in total. The molecule has 14 heteroatoms. The second-order valence-electron chi connectivity index (χ2n) is 17.0. The second-order valence-corrected chi connectivity index (χ2v) is 17.0. The third-order valence-corrected chi connectivity index (χ3v) is 12.2. The molecule has 0 N–H and O–H groups in total. The number of nitriles is 1. The van der Waals surface area contributed by atoms with E-state index in [0.29, 0.717) is 59.8 Å². The lowest BCUT2D eigenvalue weighted by atomic mass is 9.89. The monoisotopic (exact) mass is 764 g/mol. The number of likely N-dealkylation sites (tertiary alicyclic amines) is 1. The summed E-state index contributed by atoms with van der Waals surface area (Å²) in [6, 6.07) is 6.22. The van der Waals surface area contributed by atoms with Crippen molar-refractivity contribution in [3.05, 3.63) is 40.8 Å². The van der Waals surface area contributed by atoms with Crippen LogP contribution >= 0.6 is 0 Å². The quantitative estimate of drug-likeness (QED) is 0.162. The summed E-state index contributed by atoms with van der Waals surface area (Å²) in [5.74, 6) is 0.221. The molecule has 2 aromatic carbocycles. The molecule has 1 amide bonds. The van der Waals surface area contributed by atoms with E-state index in [1.165, 1.54) is 0 Å². The van der Waals surface area contributed by atoms with Crippen LogP contribution in [0.2, 0.25) is 0 Å². The van der Waals surface area contributed by atoms with Crippen LogP contribution in [0, 0.1) is 37.9 Å². The Kier molecular flexibility index (Phi) is 9.89. The van der Waals surface area contributed by atoms with Crippen LogP contribution in [0.15, 0.2) is 18.3 Å². The van der Waals surface area contributed by atoms with Gasteiger partial charge in [0.1, 0.15) is 16.6 Å². The number of aromatic nitrogens is 6. The zero-order valence-electron chi connectivity index (χ0n) is 33.9. The third kappa shape index (κ3) is 6.52. The molecule has 3 aliphatic rings. The minimum absolute atomic E-state index is 0.153. The van der Waals surface area contributed by atoms with Crippen molar-refractivity contribution in [2.45, 2.75) is 117 Å². The minimum atomic E-state index is -0.662. The molecule has 1 unspecified atom stereocenters. The van der Waals surface area contributed by atoms with Crippen molar-refractivity contribution in [1.82, 2.24) is 39.6 Å². The Balaban J connectivity index is 1.28. The van der Waals surface area contributed by atoms with Gasteiger partial charge in [0, 0.05) is 48.6 Å². The Bertz CT molecular complexity index is 2360. The van der Waals surface area contributed by atoms with Crippen molar-refractivity contribution in [3.63, 3.8) is 0 Å². The molecule has 8 rings (SSSR count). The maximum Gasteiger partial charge on any atom is 0.410 e. The molecule has 296 valence electrons. The predicted molar refractivity (Wildman–Crippen MR) is 214 cm³/mol. The molecule has 3 saturated heterocycles. The number of amides is 1. The lowest BCUT2D eigenvalue weighted by Crippen LogP contribution is -2.58. The van der Waals surface area contributed by atoms with Gasteiger partial charge in [-0.15, -0.1) is 5.10 Å². The molecule has 0 saturated carbocycles. The van der Waals surface area contributed by atoms with Crippen LogP contribution in [-0.2, 0) is 9.47 Å². The number of anilines is 1. The molecule has 3 aromatic heterocycles. The van der Waals surface area contributed by atoms with Crippen LogP contribution in [0.4, 0.5) is 15.0 Å². The average Bonchev–Trinajstić information content (AvgIpc) is 3.78. The van der Waals surface area contributed by atoms with Crippen molar-refractivity contribution in [3.8, 4) is 17.2 Å². The van der Waals surface area contributed by atoms with Crippen LogP contribution in [0.25, 0.3) is 44.0 Å². The normalized spacial score (nSPS) is 21.0. The first-order valence-corrected chi connectivity index (χ1v) is 20.1. The number of halogens is 1. The topological polar surface area (TPSA) is 130 Å². The third-order valence-electron chi connectivity index (χ3n) is 12.2. The summed E-state index contributed by atoms with van der Waals surface area (Å²) < 4.78 is 33.5. The van der Waals surface area contributed by atoms with E-state index in [4.69, 9.17) is 29.9 Å². The summed E-state index contributed by atoms with van der Waals surface area (Å²) in [6.45, 7) is 17.2. The Morgan fingerprint density at radius 3 is 2.55 bits per heavy atom. The number of hydrogen-bond donors (Lipinski definition) is 0. The summed E-state index contributed by atoms with van der Waals surface area (Å²) in [7, 11) is 2.12. The fourth-order valence-electron chi connectivity index (χ4n) is 8.86. The van der Waals surface area contributed by atoms with E-state index in [1.54, 1.807) is 4.90 Å². The van der Waals surface area contributed by atoms with Gasteiger partial charge in [0.15, 0.2) is 23.4 Å². The predicted octanol–water partition coefficient (Wildman–Crippen LogP) is 7.75. The molecule has 0 spiro atoms. The molecular formula is C42H53FN10O3. The van der Waals surface area contributed by atoms with E-state index >= 15 is 4.39 Å². The summed E-state index contributed by atoms with van der Waals surface area (Å²) in [5.41, 5.74) is 6.00. The van der Waals surface area contributed by atoms with E-state index in [-0.39, 0.29) is 30.2 Å². The van der Waals surface area contributed by atoms with Crippen LogP contribution in [-0.4, -0.2) is 103 Å². The first kappa shape index (κ1) is 38.0. The van der Waals surface area contributed by atoms with E-state index in [0.717, 1.165) is 72.1 Å². The number of rotatable bonds is 7. The minimum Gasteiger partial charge on any atom is -0.444 e. The summed E-state index contributed by atoms with van der Waals surface area (Å²) >= 11 is 0. The molecule has 5 aromatic rings. The van der Waals surface area contributed by atoms with Gasteiger partial charge < -0.3 is 24.2 Å². The zero-order chi connectivity index (χ0) is 39.6. The maximum atomic E-state index is 17.8. The fourth-order valence-corrected chi connectivity index (χ4v) is 8.86. The number of piperidine rings is 1. The number of aryl methyl sites for hydroxylation is 2. The van der Waals surface area contributed by atoms with E-state index < -0.39 is 17.5 Å². The van der Waals surface area contributed by atoms with Crippen molar-refractivity contribution >= 4 is 44.8 Å². The molecule has 3 aliphatic heterocycles. The van der Waals surface area contributed by atoms with Crippen molar-refractivity contribution in [1.29, 1.82) is 5.26 Å². The van der Waals surface area contributed by atoms with Crippen LogP contribution in [0.1, 0.15) is 95.2 Å². The molecule has 3 fully saturated rings. The largest absolute Gasteiger partial charge is 0.444 e. The highest BCUT2D eigenvalue weighted by atomic mass is 19.1. The van der Waals surface area contributed by atoms with Crippen LogP contribution in [0.5, 0.6) is 0 Å². The average molecular weight is 765 g/mol. The number of carbonyl (C=O) groups is 1. The standard InChI is InChI=1S/C42H53FN10O3/c1-9-49(8)29-22-50(23-29)40-38-39(52(48-47-38)28-14-16-51(27(20-28)13-15-44)41(54)56-42(5,6)7)30-18-25(3)34(36(43)37(30)46-40)35-26(4)24(2)19-32-31(35)21-45-53(32)33-12-10-11-17-55-33/h18-19,21,27-29,33H,9-14,16-17,20,22-23H2,1-8H3/t27-,28+,33?/m1/s1. The number of fused-ring (bicyclic) bond motifs is 4. The van der Waals surface area contributed by atoms with E-state index in [1.807, 2.05) is 49.3 Å². The first-order chi connectivity index (χ1) is 26.8. The van der Waals surface area contributed by atoms with Crippen molar-refractivity contribution in [2.24, 2.45) is 0 Å². The number of ether oxygens (including phenoxy) is 2. The maximum absolute atomic E-state index is 17.8. The van der Waals surface area contributed by atoms with Crippen LogP contribution < -0.4 is 4.90 Å².